The summed E-state index contributed by atoms with van der Waals surface area (Å²) >= 11 is 0. The van der Waals surface area contributed by atoms with Gasteiger partial charge in [0.2, 0.25) is 0 Å². The second-order valence-corrected chi connectivity index (χ2v) is 19.2. The molecule has 0 aromatic rings. The van der Waals surface area contributed by atoms with Crippen LogP contribution in [0.2, 0.25) is 0 Å². The molecule has 0 rings (SSSR count). The molecule has 0 fully saturated rings. The Bertz CT molecular complexity index is 1420. The predicted molar refractivity (Wildman–Crippen MR) is 272 cm³/mol. The average Bonchev–Trinajstić information content (AvgIpc) is 3.26. The maximum Gasteiger partial charge on any atom is 0.306 e. The molecule has 0 bridgehead atoms. The number of phosphoric acid groups is 1. The largest absolute Gasteiger partial charge is 0.756 e. The van der Waals surface area contributed by atoms with Crippen LogP contribution in [-0.4, -0.2) is 70.0 Å². The van der Waals surface area contributed by atoms with Crippen molar-refractivity contribution >= 4 is 19.8 Å². The van der Waals surface area contributed by atoms with Crippen molar-refractivity contribution in [3.05, 3.63) is 97.2 Å². The molecule has 9 nitrogen and oxygen atoms in total. The summed E-state index contributed by atoms with van der Waals surface area (Å²) in [7, 11) is 1.15. The first kappa shape index (κ1) is 61.9. The fraction of sp³-hybridized carbons (Fsp3) is 0.673. The number of likely N-dealkylation sites (N-methyl/N-ethyl adjacent to an activating group) is 1. The van der Waals surface area contributed by atoms with E-state index in [1.165, 1.54) is 44.9 Å². The molecule has 0 N–H and O–H groups in total. The number of ether oxygens (including phenoxy) is 2. The van der Waals surface area contributed by atoms with E-state index in [-0.39, 0.29) is 26.1 Å². The van der Waals surface area contributed by atoms with Crippen LogP contribution in [0.3, 0.4) is 0 Å². The summed E-state index contributed by atoms with van der Waals surface area (Å²) < 4.78 is 33.8. The standard InChI is InChI=1S/C55H94NO8P/c1-6-8-10-12-14-15-16-17-18-19-20-21-22-23-24-25-26-27-28-29-30-31-32-33-34-35-36-37-38-39-40-41-42-44-46-48-55(58)64-53(51-61-54(57)47-45-43-13-11-9-7-2)52-63-65(59,60)62-50-49-56(3,4)5/h8,10,14-15,17-18,20-21,23-24,26-27,29-30,32-33,53H,6-7,9,11-13,16,19,22,25,28,31,34-52H2,1-5H3/b10-8-,15-14-,18-17-,21-20-,24-23-,27-26-,30-29-,33-32-. The summed E-state index contributed by atoms with van der Waals surface area (Å²) in [6, 6.07) is 0. The zero-order valence-electron chi connectivity index (χ0n) is 41.9. The van der Waals surface area contributed by atoms with Crippen molar-refractivity contribution in [3.8, 4) is 0 Å². The molecule has 2 atom stereocenters. The van der Waals surface area contributed by atoms with E-state index in [9.17, 15) is 19.0 Å². The van der Waals surface area contributed by atoms with E-state index in [0.717, 1.165) is 109 Å². The van der Waals surface area contributed by atoms with Crippen LogP contribution in [-0.2, 0) is 32.7 Å². The summed E-state index contributed by atoms with van der Waals surface area (Å²) in [5, 5.41) is 0. The number of quaternary nitrogens is 1. The average molecular weight is 928 g/mol. The number of phosphoric ester groups is 1. The Labute approximate surface area is 398 Å². The molecule has 0 aliphatic carbocycles. The highest BCUT2D eigenvalue weighted by Gasteiger charge is 2.21. The fourth-order valence-corrected chi connectivity index (χ4v) is 7.16. The van der Waals surface area contributed by atoms with E-state index in [4.69, 9.17) is 18.5 Å². The maximum absolute atomic E-state index is 12.7. The van der Waals surface area contributed by atoms with E-state index in [1.54, 1.807) is 0 Å². The number of carbonyl (C=O) groups is 2. The van der Waals surface area contributed by atoms with Crippen molar-refractivity contribution in [2.75, 3.05) is 47.5 Å². The van der Waals surface area contributed by atoms with Crippen LogP contribution in [0.4, 0.5) is 0 Å². The number of esters is 2. The zero-order chi connectivity index (χ0) is 47.8. The highest BCUT2D eigenvalue weighted by molar-refractivity contribution is 7.45. The van der Waals surface area contributed by atoms with Crippen LogP contribution in [0.5, 0.6) is 0 Å². The molecule has 0 aliphatic rings. The smallest absolute Gasteiger partial charge is 0.306 e. The van der Waals surface area contributed by atoms with Gasteiger partial charge in [0.05, 0.1) is 27.7 Å². The van der Waals surface area contributed by atoms with Crippen molar-refractivity contribution in [1.82, 2.24) is 0 Å². The molecule has 2 unspecified atom stereocenters. The SMILES string of the molecule is CC/C=C\C/C=C\C/C=C\C/C=C\C/C=C\C/C=C\C/C=C\C/C=C\CCCCCCCCCCCCC(=O)OC(COC(=O)CCCCCCCC)COP(=O)([O-])OCC[N+](C)(C)C. The zero-order valence-corrected chi connectivity index (χ0v) is 42.8. The number of nitrogens with zero attached hydrogens (tertiary/aromatic N) is 1. The molecule has 0 spiro atoms. The van der Waals surface area contributed by atoms with Gasteiger partial charge in [0, 0.05) is 12.8 Å². The highest BCUT2D eigenvalue weighted by atomic mass is 31.2. The minimum absolute atomic E-state index is 0.0351. The van der Waals surface area contributed by atoms with Crippen LogP contribution < -0.4 is 4.89 Å². The summed E-state index contributed by atoms with van der Waals surface area (Å²) in [5.74, 6) is -0.855. The third-order valence-electron chi connectivity index (χ3n) is 10.4. The second kappa shape index (κ2) is 46.1. The van der Waals surface area contributed by atoms with Gasteiger partial charge >= 0.3 is 11.9 Å². The van der Waals surface area contributed by atoms with E-state index in [1.807, 2.05) is 21.1 Å². The van der Waals surface area contributed by atoms with E-state index >= 15 is 0 Å². The Balaban J connectivity index is 4.02. The first-order valence-electron chi connectivity index (χ1n) is 25.4. The van der Waals surface area contributed by atoms with E-state index in [2.05, 4.69) is 111 Å². The first-order chi connectivity index (χ1) is 31.5. The summed E-state index contributed by atoms with van der Waals surface area (Å²) in [6.07, 6.45) is 62.0. The monoisotopic (exact) mass is 928 g/mol. The molecule has 0 aromatic heterocycles. The van der Waals surface area contributed by atoms with Crippen LogP contribution >= 0.6 is 7.82 Å². The van der Waals surface area contributed by atoms with Gasteiger partial charge in [-0.2, -0.15) is 0 Å². The van der Waals surface area contributed by atoms with Crippen molar-refractivity contribution < 1.29 is 42.1 Å². The number of rotatable bonds is 45. The Morgan fingerprint density at radius 1 is 0.492 bits per heavy atom. The van der Waals surface area contributed by atoms with E-state index in [0.29, 0.717) is 17.4 Å². The lowest BCUT2D eigenvalue weighted by atomic mass is 10.0. The molecule has 372 valence electrons. The topological polar surface area (TPSA) is 111 Å². The maximum atomic E-state index is 12.7. The number of hydrogen-bond acceptors (Lipinski definition) is 8. The minimum atomic E-state index is -4.62. The number of carbonyl (C=O) groups excluding carboxylic acids is 2. The van der Waals surface area contributed by atoms with Gasteiger partial charge in [-0.15, -0.1) is 0 Å². The lowest BCUT2D eigenvalue weighted by Gasteiger charge is -2.28. The molecule has 0 saturated carbocycles. The van der Waals surface area contributed by atoms with Crippen molar-refractivity contribution in [3.63, 3.8) is 0 Å². The van der Waals surface area contributed by atoms with Crippen LogP contribution in [0, 0.1) is 0 Å². The normalized spacial score (nSPS) is 14.2. The lowest BCUT2D eigenvalue weighted by Crippen LogP contribution is -2.37. The van der Waals surface area contributed by atoms with Gasteiger partial charge in [-0.3, -0.25) is 14.2 Å². The fourth-order valence-electron chi connectivity index (χ4n) is 6.43. The van der Waals surface area contributed by atoms with Gasteiger partial charge in [-0.25, -0.2) is 0 Å². The summed E-state index contributed by atoms with van der Waals surface area (Å²) in [6.45, 7) is 4.02. The number of unbranched alkanes of at least 4 members (excludes halogenated alkanes) is 15. The molecular weight excluding hydrogens is 834 g/mol. The molecule has 65 heavy (non-hydrogen) atoms. The van der Waals surface area contributed by atoms with Crippen LogP contribution in [0.1, 0.15) is 187 Å². The van der Waals surface area contributed by atoms with E-state index < -0.39 is 32.5 Å². The summed E-state index contributed by atoms with van der Waals surface area (Å²) in [4.78, 5) is 37.3. The number of allylic oxidation sites excluding steroid dienone is 16. The third-order valence-corrected chi connectivity index (χ3v) is 11.3. The quantitative estimate of drug-likeness (QED) is 0.0195. The highest BCUT2D eigenvalue weighted by Crippen LogP contribution is 2.38. The first-order valence-corrected chi connectivity index (χ1v) is 26.9. The third kappa shape index (κ3) is 50.2. The lowest BCUT2D eigenvalue weighted by molar-refractivity contribution is -0.870. The molecule has 0 aromatic carbocycles. The van der Waals surface area contributed by atoms with Crippen molar-refractivity contribution in [2.45, 2.75) is 193 Å². The Kier molecular flexibility index (Phi) is 43.9. The van der Waals surface area contributed by atoms with Gasteiger partial charge in [-0.05, 0) is 77.0 Å². The Morgan fingerprint density at radius 2 is 0.877 bits per heavy atom. The van der Waals surface area contributed by atoms with Gasteiger partial charge in [0.25, 0.3) is 7.82 Å². The summed E-state index contributed by atoms with van der Waals surface area (Å²) in [5.41, 5.74) is 0. The second-order valence-electron chi connectivity index (χ2n) is 17.8. The van der Waals surface area contributed by atoms with Crippen LogP contribution in [0.15, 0.2) is 97.2 Å². The van der Waals surface area contributed by atoms with Crippen LogP contribution in [0.25, 0.3) is 0 Å². The van der Waals surface area contributed by atoms with Gasteiger partial charge in [0.15, 0.2) is 6.10 Å². The molecule has 0 aliphatic heterocycles. The molecule has 0 amide bonds. The Hall–Kier alpha value is -3.07. The van der Waals surface area contributed by atoms with Crippen molar-refractivity contribution in [2.24, 2.45) is 0 Å². The molecule has 10 heteroatoms. The number of hydrogen-bond donors (Lipinski definition) is 0. The Morgan fingerprint density at radius 3 is 1.31 bits per heavy atom. The van der Waals surface area contributed by atoms with Crippen molar-refractivity contribution in [1.29, 1.82) is 0 Å². The van der Waals surface area contributed by atoms with Gasteiger partial charge in [-0.1, -0.05) is 195 Å². The molecule has 0 radical (unpaired) electrons. The minimum Gasteiger partial charge on any atom is -0.756 e. The molecule has 0 saturated heterocycles. The molecular formula is C55H94NO8P. The van der Waals surface area contributed by atoms with Gasteiger partial charge in [0.1, 0.15) is 19.8 Å². The van der Waals surface area contributed by atoms with Gasteiger partial charge < -0.3 is 27.9 Å². The predicted octanol–water partition coefficient (Wildman–Crippen LogP) is 14.7. The molecule has 0 heterocycles.